The minimum atomic E-state index is -0.644. The van der Waals surface area contributed by atoms with Crippen molar-refractivity contribution in [2.75, 3.05) is 10.6 Å². The molecular weight excluding hydrogens is 320 g/mol. The first-order valence-electron chi connectivity index (χ1n) is 7.62. The van der Waals surface area contributed by atoms with Crippen LogP contribution >= 0.6 is 0 Å². The van der Waals surface area contributed by atoms with Crippen LogP contribution in [0.25, 0.3) is 10.9 Å². The number of nitrogen functional groups attached to an aromatic ring is 1. The van der Waals surface area contributed by atoms with Gasteiger partial charge in [0.1, 0.15) is 11.5 Å². The van der Waals surface area contributed by atoms with Crippen molar-refractivity contribution in [2.45, 2.75) is 13.5 Å². The van der Waals surface area contributed by atoms with Gasteiger partial charge in [-0.25, -0.2) is 4.98 Å². The Bertz CT molecular complexity index is 978. The molecular formula is C17H18N6O2. The predicted molar refractivity (Wildman–Crippen MR) is 94.7 cm³/mol. The molecule has 0 radical (unpaired) electrons. The fourth-order valence-corrected chi connectivity index (χ4v) is 2.73. The molecule has 0 aliphatic heterocycles. The molecule has 3 rings (SSSR count). The number of carbonyl (C=O) groups is 2. The van der Waals surface area contributed by atoms with E-state index in [2.05, 4.69) is 10.1 Å². The normalized spacial score (nSPS) is 10.8. The lowest BCUT2D eigenvalue weighted by Gasteiger charge is -2.21. The molecule has 2 heterocycles. The van der Waals surface area contributed by atoms with E-state index in [9.17, 15) is 9.59 Å². The molecule has 0 unspecified atom stereocenters. The van der Waals surface area contributed by atoms with E-state index in [1.165, 1.54) is 22.7 Å². The third-order valence-corrected chi connectivity index (χ3v) is 3.94. The maximum Gasteiger partial charge on any atom is 0.269 e. The molecule has 0 atom stereocenters. The molecule has 2 amide bonds. The lowest BCUT2D eigenvalue weighted by atomic mass is 10.1. The Morgan fingerprint density at radius 1 is 1.24 bits per heavy atom. The van der Waals surface area contributed by atoms with Gasteiger partial charge in [0.05, 0.1) is 23.9 Å². The Morgan fingerprint density at radius 2 is 1.96 bits per heavy atom. The van der Waals surface area contributed by atoms with E-state index >= 15 is 0 Å². The molecule has 0 fully saturated rings. The summed E-state index contributed by atoms with van der Waals surface area (Å²) in [4.78, 5) is 29.6. The van der Waals surface area contributed by atoms with Gasteiger partial charge in [0.25, 0.3) is 5.91 Å². The van der Waals surface area contributed by atoms with Gasteiger partial charge < -0.3 is 16.4 Å². The fraction of sp³-hybridized carbons (Fsp3) is 0.176. The van der Waals surface area contributed by atoms with Crippen LogP contribution in [0.5, 0.6) is 0 Å². The number of aromatic nitrogens is 3. The summed E-state index contributed by atoms with van der Waals surface area (Å²) in [6, 6.07) is 9.29. The van der Waals surface area contributed by atoms with Crippen LogP contribution in [0.15, 0.2) is 36.5 Å². The van der Waals surface area contributed by atoms with Crippen molar-refractivity contribution < 1.29 is 9.59 Å². The number of fused-ring (bicyclic) bond motifs is 1. The number of amides is 2. The molecule has 0 spiro atoms. The third kappa shape index (κ3) is 3.14. The number of benzene rings is 1. The number of nitrogens with zero attached hydrogens (tertiary/aromatic N) is 4. The fourth-order valence-electron chi connectivity index (χ4n) is 2.73. The second kappa shape index (κ2) is 6.23. The highest BCUT2D eigenvalue weighted by atomic mass is 16.2. The van der Waals surface area contributed by atoms with E-state index < -0.39 is 5.91 Å². The molecule has 0 aliphatic rings. The number of primary amides is 1. The molecule has 4 N–H and O–H groups in total. The summed E-state index contributed by atoms with van der Waals surface area (Å²) in [5.41, 5.74) is 13.3. The van der Waals surface area contributed by atoms with Gasteiger partial charge >= 0.3 is 0 Å². The van der Waals surface area contributed by atoms with Crippen LogP contribution < -0.4 is 16.4 Å². The molecule has 2 aromatic heterocycles. The van der Waals surface area contributed by atoms with E-state index in [4.69, 9.17) is 11.5 Å². The SMILES string of the molecule is CC(=O)N(Cc1ccc2ccc(N)nc2c1)c1cnn(C)c1C(N)=O. The largest absolute Gasteiger partial charge is 0.384 e. The summed E-state index contributed by atoms with van der Waals surface area (Å²) in [6.45, 7) is 1.68. The first-order valence-corrected chi connectivity index (χ1v) is 7.62. The highest BCUT2D eigenvalue weighted by molar-refractivity contribution is 6.02. The van der Waals surface area contributed by atoms with Crippen molar-refractivity contribution in [3.63, 3.8) is 0 Å². The Hall–Kier alpha value is -3.42. The lowest BCUT2D eigenvalue weighted by molar-refractivity contribution is -0.116. The van der Waals surface area contributed by atoms with Crippen LogP contribution in [0, 0.1) is 0 Å². The second-order valence-electron chi connectivity index (χ2n) is 5.73. The van der Waals surface area contributed by atoms with Gasteiger partial charge in [0.15, 0.2) is 0 Å². The summed E-state index contributed by atoms with van der Waals surface area (Å²) in [7, 11) is 1.60. The van der Waals surface area contributed by atoms with Crippen molar-refractivity contribution in [3.05, 3.63) is 47.8 Å². The van der Waals surface area contributed by atoms with Crippen LogP contribution in [0.3, 0.4) is 0 Å². The molecule has 8 heteroatoms. The standard InChI is InChI=1S/C17H18N6O2/c1-10(24)23(14-8-20-22(2)16(14)17(19)25)9-11-3-4-12-5-6-15(18)21-13(12)7-11/h3-8H,9H2,1-2H3,(H2,18,21)(H2,19,25). The van der Waals surface area contributed by atoms with Gasteiger partial charge in [0.2, 0.25) is 5.91 Å². The molecule has 8 nitrogen and oxygen atoms in total. The van der Waals surface area contributed by atoms with E-state index in [0.29, 0.717) is 11.5 Å². The molecule has 0 bridgehead atoms. The quantitative estimate of drug-likeness (QED) is 0.740. The number of rotatable bonds is 4. The Morgan fingerprint density at radius 3 is 2.64 bits per heavy atom. The van der Waals surface area contributed by atoms with E-state index in [1.807, 2.05) is 24.3 Å². The van der Waals surface area contributed by atoms with E-state index in [-0.39, 0.29) is 18.1 Å². The zero-order valence-electron chi connectivity index (χ0n) is 13.9. The number of aryl methyl sites for hydroxylation is 1. The highest BCUT2D eigenvalue weighted by Crippen LogP contribution is 2.23. The number of hydrogen-bond acceptors (Lipinski definition) is 5. The van der Waals surface area contributed by atoms with E-state index in [0.717, 1.165) is 16.5 Å². The van der Waals surface area contributed by atoms with Gasteiger partial charge in [-0.05, 0) is 23.8 Å². The number of hydrogen-bond donors (Lipinski definition) is 2. The van der Waals surface area contributed by atoms with Crippen LogP contribution in [-0.4, -0.2) is 26.6 Å². The zero-order valence-corrected chi connectivity index (χ0v) is 13.9. The minimum absolute atomic E-state index is 0.179. The molecule has 1 aromatic carbocycles. The van der Waals surface area contributed by atoms with Gasteiger partial charge in [-0.2, -0.15) is 5.10 Å². The second-order valence-corrected chi connectivity index (χ2v) is 5.73. The van der Waals surface area contributed by atoms with Crippen LogP contribution in [-0.2, 0) is 18.4 Å². The third-order valence-electron chi connectivity index (χ3n) is 3.94. The smallest absolute Gasteiger partial charge is 0.269 e. The molecule has 0 saturated carbocycles. The Kier molecular flexibility index (Phi) is 4.10. The highest BCUT2D eigenvalue weighted by Gasteiger charge is 2.22. The number of carbonyl (C=O) groups excluding carboxylic acids is 2. The number of anilines is 2. The molecule has 0 aliphatic carbocycles. The summed E-state index contributed by atoms with van der Waals surface area (Å²) in [6.07, 6.45) is 1.46. The average Bonchev–Trinajstić information content (AvgIpc) is 2.93. The van der Waals surface area contributed by atoms with Gasteiger partial charge in [-0.15, -0.1) is 0 Å². The first kappa shape index (κ1) is 16.4. The van der Waals surface area contributed by atoms with Crippen LogP contribution in [0.4, 0.5) is 11.5 Å². The van der Waals surface area contributed by atoms with Crippen molar-refractivity contribution in [1.29, 1.82) is 0 Å². The lowest BCUT2D eigenvalue weighted by Crippen LogP contribution is -2.30. The average molecular weight is 338 g/mol. The summed E-state index contributed by atoms with van der Waals surface area (Å²) in [5, 5.41) is 4.99. The monoisotopic (exact) mass is 338 g/mol. The van der Waals surface area contributed by atoms with Crippen molar-refractivity contribution in [2.24, 2.45) is 12.8 Å². The van der Waals surface area contributed by atoms with Crippen LogP contribution in [0.2, 0.25) is 0 Å². The molecule has 0 saturated heterocycles. The van der Waals surface area contributed by atoms with Crippen LogP contribution in [0.1, 0.15) is 23.0 Å². The number of nitrogens with two attached hydrogens (primary N) is 2. The van der Waals surface area contributed by atoms with Crippen molar-refractivity contribution in [1.82, 2.24) is 14.8 Å². The summed E-state index contributed by atoms with van der Waals surface area (Å²) in [5.74, 6) is -0.443. The predicted octanol–water partition coefficient (Wildman–Crippen LogP) is 1.20. The minimum Gasteiger partial charge on any atom is -0.384 e. The van der Waals surface area contributed by atoms with Crippen molar-refractivity contribution >= 4 is 34.2 Å². The summed E-state index contributed by atoms with van der Waals surface area (Å²) >= 11 is 0. The number of pyridine rings is 1. The van der Waals surface area contributed by atoms with Gasteiger partial charge in [-0.3, -0.25) is 14.3 Å². The van der Waals surface area contributed by atoms with Gasteiger partial charge in [0, 0.05) is 19.4 Å². The molecule has 25 heavy (non-hydrogen) atoms. The topological polar surface area (TPSA) is 120 Å². The molecule has 128 valence electrons. The maximum absolute atomic E-state index is 12.2. The van der Waals surface area contributed by atoms with Crippen molar-refractivity contribution in [3.8, 4) is 0 Å². The van der Waals surface area contributed by atoms with E-state index in [1.54, 1.807) is 13.1 Å². The first-order chi connectivity index (χ1) is 11.9. The zero-order chi connectivity index (χ0) is 18.1. The summed E-state index contributed by atoms with van der Waals surface area (Å²) < 4.78 is 1.36. The Labute approximate surface area is 144 Å². The molecule has 3 aromatic rings. The Balaban J connectivity index is 2.01. The van der Waals surface area contributed by atoms with Gasteiger partial charge in [-0.1, -0.05) is 12.1 Å². The maximum atomic E-state index is 12.2.